The molecule has 3 heteroatoms. The second kappa shape index (κ2) is 4.37. The van der Waals surface area contributed by atoms with Crippen LogP contribution in [0, 0.1) is 0 Å². The van der Waals surface area contributed by atoms with Crippen molar-refractivity contribution in [2.45, 2.75) is 0 Å². The van der Waals surface area contributed by atoms with Crippen LogP contribution in [-0.4, -0.2) is 6.21 Å². The highest BCUT2D eigenvalue weighted by Gasteiger charge is 2.10. The van der Waals surface area contributed by atoms with Crippen molar-refractivity contribution in [1.82, 2.24) is 0 Å². The van der Waals surface area contributed by atoms with Crippen LogP contribution >= 0.6 is 0 Å². The third-order valence-electron chi connectivity index (χ3n) is 2.94. The molecule has 0 unspecified atom stereocenters. The summed E-state index contributed by atoms with van der Waals surface area (Å²) < 4.78 is 0. The molecule has 3 nitrogen and oxygen atoms in total. The van der Waals surface area contributed by atoms with Crippen LogP contribution in [0.3, 0.4) is 0 Å². The van der Waals surface area contributed by atoms with Gasteiger partial charge in [0.2, 0.25) is 0 Å². The number of nitrogen functional groups attached to an aromatic ring is 1. The first-order valence-electron chi connectivity index (χ1n) is 5.79. The molecule has 18 heavy (non-hydrogen) atoms. The number of hydrogen-bond donors (Lipinski definition) is 2. The van der Waals surface area contributed by atoms with Gasteiger partial charge in [-0.05, 0) is 35.4 Å². The normalized spacial score (nSPS) is 13.2. The first-order chi connectivity index (χ1) is 8.84. The number of nitrogens with one attached hydrogen (secondary N) is 1. The molecule has 0 spiro atoms. The molecule has 0 saturated carbocycles. The van der Waals surface area contributed by atoms with E-state index < -0.39 is 0 Å². The standard InChI is InChI=1S/C15H13N3/c16-12-7-5-11(6-8-12)13-9-10-17-18-15-4-2-1-3-14(13)15/h1-10,18H,16H2. The molecule has 1 aliphatic rings. The van der Waals surface area contributed by atoms with E-state index in [1.807, 2.05) is 48.5 Å². The molecule has 0 aromatic heterocycles. The van der Waals surface area contributed by atoms with E-state index in [2.05, 4.69) is 16.6 Å². The fraction of sp³-hybridized carbons (Fsp3) is 0. The number of allylic oxidation sites excluding steroid dienone is 1. The molecule has 1 aliphatic heterocycles. The summed E-state index contributed by atoms with van der Waals surface area (Å²) in [6.45, 7) is 0. The van der Waals surface area contributed by atoms with E-state index in [4.69, 9.17) is 5.73 Å². The lowest BCUT2D eigenvalue weighted by atomic mass is 9.96. The quantitative estimate of drug-likeness (QED) is 0.746. The summed E-state index contributed by atoms with van der Waals surface area (Å²) in [5.74, 6) is 0. The highest BCUT2D eigenvalue weighted by atomic mass is 15.3. The summed E-state index contributed by atoms with van der Waals surface area (Å²) in [6.07, 6.45) is 3.77. The van der Waals surface area contributed by atoms with Gasteiger partial charge in [-0.3, -0.25) is 5.43 Å². The first kappa shape index (κ1) is 10.6. The predicted octanol–water partition coefficient (Wildman–Crippen LogP) is 3.11. The van der Waals surface area contributed by atoms with Crippen molar-refractivity contribution in [2.24, 2.45) is 5.10 Å². The average Bonchev–Trinajstić information content (AvgIpc) is 2.62. The maximum Gasteiger partial charge on any atom is 0.0640 e. The number of benzene rings is 2. The number of rotatable bonds is 1. The van der Waals surface area contributed by atoms with Crippen LogP contribution in [0.4, 0.5) is 11.4 Å². The zero-order chi connectivity index (χ0) is 12.4. The van der Waals surface area contributed by atoms with Gasteiger partial charge < -0.3 is 5.73 Å². The van der Waals surface area contributed by atoms with E-state index in [0.29, 0.717) is 0 Å². The van der Waals surface area contributed by atoms with E-state index in [1.54, 1.807) is 6.21 Å². The number of hydrazone groups is 1. The maximum atomic E-state index is 5.72. The molecular formula is C15H13N3. The van der Waals surface area contributed by atoms with Gasteiger partial charge in [0.1, 0.15) is 0 Å². The third-order valence-corrected chi connectivity index (χ3v) is 2.94. The largest absolute Gasteiger partial charge is 0.399 e. The average molecular weight is 235 g/mol. The van der Waals surface area contributed by atoms with Gasteiger partial charge in [-0.2, -0.15) is 5.10 Å². The lowest BCUT2D eigenvalue weighted by Crippen LogP contribution is -1.93. The Kier molecular flexibility index (Phi) is 2.57. The molecule has 3 rings (SSSR count). The molecule has 0 fully saturated rings. The molecule has 1 heterocycles. The minimum atomic E-state index is 0.771. The van der Waals surface area contributed by atoms with E-state index in [9.17, 15) is 0 Å². The zero-order valence-electron chi connectivity index (χ0n) is 9.80. The number of fused-ring (bicyclic) bond motifs is 1. The Balaban J connectivity index is 2.14. The topological polar surface area (TPSA) is 50.4 Å². The molecule has 88 valence electrons. The Labute approximate surface area is 106 Å². The van der Waals surface area contributed by atoms with E-state index in [-0.39, 0.29) is 0 Å². The number of nitrogens with zero attached hydrogens (tertiary/aromatic N) is 1. The van der Waals surface area contributed by atoms with Crippen molar-refractivity contribution in [1.29, 1.82) is 0 Å². The van der Waals surface area contributed by atoms with Crippen molar-refractivity contribution in [2.75, 3.05) is 11.2 Å². The first-order valence-corrected chi connectivity index (χ1v) is 5.79. The molecule has 2 aromatic carbocycles. The molecule has 0 aliphatic carbocycles. The Morgan fingerprint density at radius 2 is 1.72 bits per heavy atom. The fourth-order valence-electron chi connectivity index (χ4n) is 2.04. The summed E-state index contributed by atoms with van der Waals surface area (Å²) in [5, 5.41) is 4.13. The Morgan fingerprint density at radius 1 is 0.944 bits per heavy atom. The zero-order valence-corrected chi connectivity index (χ0v) is 9.80. The van der Waals surface area contributed by atoms with Gasteiger partial charge in [0.25, 0.3) is 0 Å². The number of hydrogen-bond acceptors (Lipinski definition) is 3. The minimum Gasteiger partial charge on any atom is -0.399 e. The van der Waals surface area contributed by atoms with Crippen LogP contribution in [0.15, 0.2) is 59.7 Å². The predicted molar refractivity (Wildman–Crippen MR) is 76.5 cm³/mol. The molecule has 3 N–H and O–H groups in total. The molecule has 0 saturated heterocycles. The van der Waals surface area contributed by atoms with Crippen molar-refractivity contribution >= 4 is 23.2 Å². The fourth-order valence-corrected chi connectivity index (χ4v) is 2.04. The summed E-state index contributed by atoms with van der Waals surface area (Å²) in [4.78, 5) is 0. The summed E-state index contributed by atoms with van der Waals surface area (Å²) in [5.41, 5.74) is 13.9. The number of anilines is 2. The number of nitrogens with two attached hydrogens (primary N) is 1. The summed E-state index contributed by atoms with van der Waals surface area (Å²) in [6, 6.07) is 16.0. The van der Waals surface area contributed by atoms with Gasteiger partial charge in [-0.25, -0.2) is 0 Å². The van der Waals surface area contributed by atoms with Gasteiger partial charge >= 0.3 is 0 Å². The van der Waals surface area contributed by atoms with Crippen molar-refractivity contribution in [3.8, 4) is 0 Å². The van der Waals surface area contributed by atoms with E-state index in [1.165, 1.54) is 0 Å². The summed E-state index contributed by atoms with van der Waals surface area (Å²) in [7, 11) is 0. The van der Waals surface area contributed by atoms with Crippen LogP contribution in [0.1, 0.15) is 11.1 Å². The van der Waals surface area contributed by atoms with Gasteiger partial charge in [-0.15, -0.1) is 0 Å². The van der Waals surface area contributed by atoms with Crippen LogP contribution < -0.4 is 11.2 Å². The minimum absolute atomic E-state index is 0.771. The van der Waals surface area contributed by atoms with Crippen molar-refractivity contribution < 1.29 is 0 Å². The van der Waals surface area contributed by atoms with Crippen LogP contribution in [-0.2, 0) is 0 Å². The highest BCUT2D eigenvalue weighted by molar-refractivity contribution is 5.96. The van der Waals surface area contributed by atoms with Crippen molar-refractivity contribution in [3.05, 3.63) is 65.7 Å². The van der Waals surface area contributed by atoms with Crippen LogP contribution in [0.5, 0.6) is 0 Å². The van der Waals surface area contributed by atoms with Crippen LogP contribution in [0.2, 0.25) is 0 Å². The molecule has 0 bridgehead atoms. The summed E-state index contributed by atoms with van der Waals surface area (Å²) >= 11 is 0. The van der Waals surface area contributed by atoms with Gasteiger partial charge in [0.05, 0.1) is 5.69 Å². The van der Waals surface area contributed by atoms with E-state index in [0.717, 1.165) is 28.1 Å². The Morgan fingerprint density at radius 3 is 2.56 bits per heavy atom. The van der Waals surface area contributed by atoms with E-state index >= 15 is 0 Å². The second-order valence-electron chi connectivity index (χ2n) is 4.14. The van der Waals surface area contributed by atoms with Gasteiger partial charge in [0, 0.05) is 17.5 Å². The number of para-hydroxylation sites is 1. The Bertz CT molecular complexity index is 624. The lowest BCUT2D eigenvalue weighted by molar-refractivity contribution is 1.35. The smallest absolute Gasteiger partial charge is 0.0640 e. The monoisotopic (exact) mass is 235 g/mol. The highest BCUT2D eigenvalue weighted by Crippen LogP contribution is 2.30. The molecule has 2 aromatic rings. The third kappa shape index (κ3) is 1.86. The second-order valence-corrected chi connectivity index (χ2v) is 4.14. The van der Waals surface area contributed by atoms with Crippen LogP contribution in [0.25, 0.3) is 5.57 Å². The molecule has 0 atom stereocenters. The lowest BCUT2D eigenvalue weighted by Gasteiger charge is -2.10. The van der Waals surface area contributed by atoms with Gasteiger partial charge in [-0.1, -0.05) is 30.3 Å². The molecule has 0 amide bonds. The molecule has 0 radical (unpaired) electrons. The SMILES string of the molecule is Nc1ccc(C2=CC=NNc3ccccc32)cc1. The maximum absolute atomic E-state index is 5.72. The Hall–Kier alpha value is -2.55. The van der Waals surface area contributed by atoms with Gasteiger partial charge in [0.15, 0.2) is 0 Å². The molecular weight excluding hydrogens is 222 g/mol. The van der Waals surface area contributed by atoms with Crippen molar-refractivity contribution in [3.63, 3.8) is 0 Å².